The molecule has 1 N–H and O–H groups in total. The lowest BCUT2D eigenvalue weighted by atomic mass is 10.1. The minimum absolute atomic E-state index is 0.213. The first kappa shape index (κ1) is 14.4. The summed E-state index contributed by atoms with van der Waals surface area (Å²) in [5.74, 6) is 0.444. The van der Waals surface area contributed by atoms with Crippen LogP contribution in [-0.2, 0) is 13.2 Å². The lowest BCUT2D eigenvalue weighted by Crippen LogP contribution is -2.15. The Hall–Kier alpha value is -1.58. The van der Waals surface area contributed by atoms with E-state index in [2.05, 4.69) is 5.32 Å². The monoisotopic (exact) mass is 305 g/mol. The summed E-state index contributed by atoms with van der Waals surface area (Å²) in [7, 11) is 0. The Kier molecular flexibility index (Phi) is 4.42. The zero-order valence-corrected chi connectivity index (χ0v) is 12.4. The van der Waals surface area contributed by atoms with Crippen molar-refractivity contribution in [2.24, 2.45) is 0 Å². The summed E-state index contributed by atoms with van der Waals surface area (Å²) < 4.78 is 19.4. The minimum atomic E-state index is -0.237. The third-order valence-corrected chi connectivity index (χ3v) is 3.74. The van der Waals surface area contributed by atoms with Crippen LogP contribution >= 0.6 is 11.6 Å². The molecule has 3 rings (SSSR count). The molecule has 0 bridgehead atoms. The topological polar surface area (TPSA) is 21.3 Å². The molecule has 0 spiro atoms. The highest BCUT2D eigenvalue weighted by molar-refractivity contribution is 6.30. The quantitative estimate of drug-likeness (QED) is 0.858. The van der Waals surface area contributed by atoms with E-state index in [4.69, 9.17) is 16.3 Å². The number of halogens is 2. The van der Waals surface area contributed by atoms with E-state index < -0.39 is 0 Å². The van der Waals surface area contributed by atoms with Crippen LogP contribution in [-0.4, -0.2) is 6.04 Å². The molecule has 1 aliphatic rings. The van der Waals surface area contributed by atoms with Crippen LogP contribution in [0.1, 0.15) is 24.0 Å². The van der Waals surface area contributed by atoms with Gasteiger partial charge in [-0.3, -0.25) is 0 Å². The van der Waals surface area contributed by atoms with E-state index in [-0.39, 0.29) is 12.4 Å². The number of hydrogen-bond donors (Lipinski definition) is 1. The fourth-order valence-electron chi connectivity index (χ4n) is 2.09. The number of hydrogen-bond acceptors (Lipinski definition) is 2. The zero-order chi connectivity index (χ0) is 14.7. The van der Waals surface area contributed by atoms with Gasteiger partial charge in [0.2, 0.25) is 0 Å². The van der Waals surface area contributed by atoms with Crippen molar-refractivity contribution in [3.05, 3.63) is 64.4 Å². The molecule has 0 heterocycles. The van der Waals surface area contributed by atoms with E-state index >= 15 is 0 Å². The van der Waals surface area contributed by atoms with Crippen LogP contribution in [0.3, 0.4) is 0 Å². The van der Waals surface area contributed by atoms with Gasteiger partial charge in [-0.25, -0.2) is 4.39 Å². The Labute approximate surface area is 128 Å². The number of rotatable bonds is 6. The van der Waals surface area contributed by atoms with Crippen molar-refractivity contribution < 1.29 is 9.13 Å². The molecule has 2 nitrogen and oxygen atoms in total. The number of nitrogens with one attached hydrogen (secondary N) is 1. The van der Waals surface area contributed by atoms with E-state index in [0.717, 1.165) is 12.1 Å². The summed E-state index contributed by atoms with van der Waals surface area (Å²) in [4.78, 5) is 0. The molecule has 0 unspecified atom stereocenters. The largest absolute Gasteiger partial charge is 0.489 e. The highest BCUT2D eigenvalue weighted by atomic mass is 35.5. The Morgan fingerprint density at radius 2 is 1.90 bits per heavy atom. The van der Waals surface area contributed by atoms with E-state index in [0.29, 0.717) is 22.4 Å². The molecule has 110 valence electrons. The molecular formula is C17H17ClFNO. The lowest BCUT2D eigenvalue weighted by molar-refractivity contribution is 0.299. The van der Waals surface area contributed by atoms with Gasteiger partial charge in [0, 0.05) is 23.2 Å². The third-order valence-electron chi connectivity index (χ3n) is 3.49. The van der Waals surface area contributed by atoms with Crippen LogP contribution < -0.4 is 10.1 Å². The average molecular weight is 306 g/mol. The molecule has 2 aromatic rings. The van der Waals surface area contributed by atoms with Crippen LogP contribution in [0.4, 0.5) is 4.39 Å². The van der Waals surface area contributed by atoms with Crippen molar-refractivity contribution >= 4 is 11.6 Å². The summed E-state index contributed by atoms with van der Waals surface area (Å²) in [6, 6.07) is 12.9. The smallest absolute Gasteiger partial charge is 0.129 e. The van der Waals surface area contributed by atoms with E-state index in [1.165, 1.54) is 18.9 Å². The highest BCUT2D eigenvalue weighted by Crippen LogP contribution is 2.21. The van der Waals surface area contributed by atoms with E-state index in [1.54, 1.807) is 24.3 Å². The Balaban J connectivity index is 1.62. The predicted molar refractivity (Wildman–Crippen MR) is 82.0 cm³/mol. The van der Waals surface area contributed by atoms with Gasteiger partial charge >= 0.3 is 0 Å². The molecule has 0 saturated heterocycles. The predicted octanol–water partition coefficient (Wildman–Crippen LogP) is 4.31. The third kappa shape index (κ3) is 4.19. The zero-order valence-electron chi connectivity index (χ0n) is 11.6. The lowest BCUT2D eigenvalue weighted by Gasteiger charge is -2.10. The number of ether oxygens (including phenoxy) is 1. The van der Waals surface area contributed by atoms with Crippen LogP contribution in [0.5, 0.6) is 5.75 Å². The summed E-state index contributed by atoms with van der Waals surface area (Å²) >= 11 is 5.82. The highest BCUT2D eigenvalue weighted by Gasteiger charge is 2.20. The Bertz CT molecular complexity index is 611. The molecule has 1 fully saturated rings. The van der Waals surface area contributed by atoms with Crippen molar-refractivity contribution in [2.75, 3.05) is 0 Å². The molecule has 0 aliphatic heterocycles. The molecule has 4 heteroatoms. The standard InChI is InChI=1S/C17H17ClFNO/c18-14-2-6-16(7-3-14)21-11-13-9-12(1-8-17(13)19)10-20-15-4-5-15/h1-3,6-9,15,20H,4-5,10-11H2. The van der Waals surface area contributed by atoms with E-state index in [1.807, 2.05) is 12.1 Å². The van der Waals surface area contributed by atoms with Crippen LogP contribution in [0.25, 0.3) is 0 Å². The van der Waals surface area contributed by atoms with Gasteiger partial charge in [-0.1, -0.05) is 17.7 Å². The van der Waals surface area contributed by atoms with Crippen molar-refractivity contribution in [3.63, 3.8) is 0 Å². The maximum Gasteiger partial charge on any atom is 0.129 e. The second-order valence-electron chi connectivity index (χ2n) is 5.32. The van der Waals surface area contributed by atoms with Gasteiger partial charge in [-0.05, 0) is 54.8 Å². The molecule has 0 radical (unpaired) electrons. The summed E-state index contributed by atoms with van der Waals surface area (Å²) in [6.07, 6.45) is 2.49. The van der Waals surface area contributed by atoms with Crippen LogP contribution in [0, 0.1) is 5.82 Å². The Morgan fingerprint density at radius 1 is 1.14 bits per heavy atom. The van der Waals surface area contributed by atoms with Gasteiger partial charge in [0.05, 0.1) is 0 Å². The number of benzene rings is 2. The molecule has 1 aliphatic carbocycles. The van der Waals surface area contributed by atoms with E-state index in [9.17, 15) is 4.39 Å². The molecule has 1 saturated carbocycles. The van der Waals surface area contributed by atoms with Gasteiger partial charge < -0.3 is 10.1 Å². The Morgan fingerprint density at radius 3 is 2.62 bits per heavy atom. The molecule has 0 amide bonds. The molecule has 2 aromatic carbocycles. The second-order valence-corrected chi connectivity index (χ2v) is 5.76. The molecule has 21 heavy (non-hydrogen) atoms. The van der Waals surface area contributed by atoms with Gasteiger partial charge in [-0.15, -0.1) is 0 Å². The molecule has 0 aromatic heterocycles. The maximum atomic E-state index is 13.8. The normalized spacial score (nSPS) is 14.2. The van der Waals surface area contributed by atoms with Gasteiger partial charge in [0.25, 0.3) is 0 Å². The van der Waals surface area contributed by atoms with Crippen molar-refractivity contribution in [1.29, 1.82) is 0 Å². The van der Waals surface area contributed by atoms with Crippen LogP contribution in [0.15, 0.2) is 42.5 Å². The summed E-state index contributed by atoms with van der Waals surface area (Å²) in [5.41, 5.74) is 1.65. The van der Waals surface area contributed by atoms with Crippen molar-refractivity contribution in [2.45, 2.75) is 32.0 Å². The second kappa shape index (κ2) is 6.46. The summed E-state index contributed by atoms with van der Waals surface area (Å²) in [5, 5.41) is 4.08. The van der Waals surface area contributed by atoms with Crippen molar-refractivity contribution in [1.82, 2.24) is 5.32 Å². The van der Waals surface area contributed by atoms with Crippen LogP contribution in [0.2, 0.25) is 5.02 Å². The fraction of sp³-hybridized carbons (Fsp3) is 0.294. The van der Waals surface area contributed by atoms with Crippen molar-refractivity contribution in [3.8, 4) is 5.75 Å². The first-order valence-electron chi connectivity index (χ1n) is 7.10. The van der Waals surface area contributed by atoms with Gasteiger partial charge in [-0.2, -0.15) is 0 Å². The maximum absolute atomic E-state index is 13.8. The first-order valence-corrected chi connectivity index (χ1v) is 7.47. The fourth-order valence-corrected chi connectivity index (χ4v) is 2.22. The molecule has 0 atom stereocenters. The molecular weight excluding hydrogens is 289 g/mol. The van der Waals surface area contributed by atoms with Gasteiger partial charge in [0.1, 0.15) is 18.2 Å². The summed E-state index contributed by atoms with van der Waals surface area (Å²) in [6.45, 7) is 0.990. The minimum Gasteiger partial charge on any atom is -0.489 e. The SMILES string of the molecule is Fc1ccc(CNC2CC2)cc1COc1ccc(Cl)cc1. The average Bonchev–Trinajstić information content (AvgIpc) is 3.31. The van der Waals surface area contributed by atoms with Gasteiger partial charge in [0.15, 0.2) is 0 Å². The first-order chi connectivity index (χ1) is 10.2.